The number of nitrogens with zero attached hydrogens (tertiary/aromatic N) is 4. The fraction of sp³-hybridized carbons (Fsp3) is 0.103. The highest BCUT2D eigenvalue weighted by Gasteiger charge is 2.11. The first-order valence-corrected chi connectivity index (χ1v) is 11.6. The number of nitrogens with two attached hydrogens (primary N) is 1. The molecule has 2 aromatic carbocycles. The molecule has 0 fully saturated rings. The molecule has 5 rings (SSSR count). The van der Waals surface area contributed by atoms with Gasteiger partial charge in [0.25, 0.3) is 0 Å². The molecular weight excluding hydrogens is 464 g/mol. The number of carbonyl (C=O) groups is 2. The summed E-state index contributed by atoms with van der Waals surface area (Å²) in [7, 11) is 0. The maximum absolute atomic E-state index is 13.2. The number of hydrogen-bond acceptors (Lipinski definition) is 4. The molecule has 2 amide bonds. The number of aromatic nitrogens is 4. The van der Waals surface area contributed by atoms with Crippen molar-refractivity contribution in [3.63, 3.8) is 0 Å². The standard InChI is InChI=1S/C29H24N6O2/c1-19-12-21(14-25(13-19)34-11-9-31-18-34)15-27(36)23-6-5-20(2)22(16-23)7-8-24-17-32-28-26(33-29(30)37)4-3-10-35(24)28/h3-6,9-14,16-18H,15H2,1-2H3,(H3,30,33,37). The lowest BCUT2D eigenvalue weighted by Crippen LogP contribution is -2.19. The van der Waals surface area contributed by atoms with Gasteiger partial charge < -0.3 is 15.6 Å². The normalized spacial score (nSPS) is 10.6. The van der Waals surface area contributed by atoms with E-state index in [9.17, 15) is 9.59 Å². The molecule has 0 aliphatic carbocycles. The van der Waals surface area contributed by atoms with Gasteiger partial charge in [-0.05, 0) is 66.8 Å². The third-order valence-corrected chi connectivity index (χ3v) is 5.97. The van der Waals surface area contributed by atoms with Crippen LogP contribution >= 0.6 is 0 Å². The Morgan fingerprint density at radius 1 is 1.05 bits per heavy atom. The Bertz CT molecular complexity index is 1700. The van der Waals surface area contributed by atoms with E-state index in [1.165, 1.54) is 0 Å². The molecule has 0 saturated heterocycles. The number of fused-ring (bicyclic) bond motifs is 1. The molecule has 3 aromatic heterocycles. The summed E-state index contributed by atoms with van der Waals surface area (Å²) in [4.78, 5) is 32.9. The van der Waals surface area contributed by atoms with Crippen molar-refractivity contribution < 1.29 is 9.59 Å². The van der Waals surface area contributed by atoms with E-state index in [0.29, 0.717) is 22.6 Å². The molecule has 182 valence electrons. The summed E-state index contributed by atoms with van der Waals surface area (Å²) < 4.78 is 3.70. The zero-order valence-corrected chi connectivity index (χ0v) is 20.4. The van der Waals surface area contributed by atoms with Crippen LogP contribution < -0.4 is 11.1 Å². The van der Waals surface area contributed by atoms with Gasteiger partial charge in [-0.3, -0.25) is 9.20 Å². The molecule has 0 radical (unpaired) electrons. The Morgan fingerprint density at radius 3 is 2.70 bits per heavy atom. The number of amides is 2. The first kappa shape index (κ1) is 23.6. The summed E-state index contributed by atoms with van der Waals surface area (Å²) in [6, 6.07) is 14.5. The second-order valence-electron chi connectivity index (χ2n) is 8.77. The summed E-state index contributed by atoms with van der Waals surface area (Å²) in [5.41, 5.74) is 12.2. The van der Waals surface area contributed by atoms with Crippen LogP contribution in [0.5, 0.6) is 0 Å². The molecule has 8 heteroatoms. The van der Waals surface area contributed by atoms with Gasteiger partial charge in [0.15, 0.2) is 11.4 Å². The third kappa shape index (κ3) is 5.11. The Kier molecular flexibility index (Phi) is 6.27. The van der Waals surface area contributed by atoms with E-state index < -0.39 is 6.03 Å². The number of benzene rings is 2. The van der Waals surface area contributed by atoms with Crippen LogP contribution in [0, 0.1) is 25.7 Å². The number of primary amides is 1. The zero-order valence-electron chi connectivity index (χ0n) is 20.4. The van der Waals surface area contributed by atoms with Gasteiger partial charge in [0.05, 0.1) is 18.2 Å². The lowest BCUT2D eigenvalue weighted by molar-refractivity contribution is 0.0993. The molecule has 0 bridgehead atoms. The highest BCUT2D eigenvalue weighted by molar-refractivity contribution is 5.98. The Balaban J connectivity index is 1.41. The Hall–Kier alpha value is -5.16. The van der Waals surface area contributed by atoms with Crippen LogP contribution in [-0.2, 0) is 6.42 Å². The fourth-order valence-electron chi connectivity index (χ4n) is 4.19. The van der Waals surface area contributed by atoms with Crippen molar-refractivity contribution in [2.75, 3.05) is 5.32 Å². The van der Waals surface area contributed by atoms with Gasteiger partial charge in [0.2, 0.25) is 0 Å². The number of hydrogen-bond donors (Lipinski definition) is 2. The maximum Gasteiger partial charge on any atom is 0.316 e. The summed E-state index contributed by atoms with van der Waals surface area (Å²) in [6.07, 6.45) is 9.07. The molecule has 0 unspecified atom stereocenters. The number of imidazole rings is 2. The molecule has 3 heterocycles. The molecule has 3 N–H and O–H groups in total. The predicted octanol–water partition coefficient (Wildman–Crippen LogP) is 4.45. The third-order valence-electron chi connectivity index (χ3n) is 5.97. The average Bonchev–Trinajstić information content (AvgIpc) is 3.54. The molecule has 0 atom stereocenters. The first-order chi connectivity index (χ1) is 17.9. The summed E-state index contributed by atoms with van der Waals surface area (Å²) in [5.74, 6) is 6.33. The molecule has 0 saturated carbocycles. The van der Waals surface area contributed by atoms with Crippen molar-refractivity contribution in [3.8, 4) is 17.5 Å². The van der Waals surface area contributed by atoms with Gasteiger partial charge in [-0.2, -0.15) is 0 Å². The second-order valence-corrected chi connectivity index (χ2v) is 8.77. The van der Waals surface area contributed by atoms with E-state index in [2.05, 4.69) is 33.2 Å². The van der Waals surface area contributed by atoms with Crippen molar-refractivity contribution in [2.24, 2.45) is 5.73 Å². The summed E-state index contributed by atoms with van der Waals surface area (Å²) >= 11 is 0. The van der Waals surface area contributed by atoms with E-state index in [0.717, 1.165) is 27.9 Å². The van der Waals surface area contributed by atoms with E-state index in [1.807, 2.05) is 61.1 Å². The number of pyridine rings is 1. The van der Waals surface area contributed by atoms with Crippen LogP contribution in [0.15, 0.2) is 79.6 Å². The number of Topliss-reactive ketones (excluding diaryl/α,β-unsaturated/α-hetero) is 1. The number of carbonyl (C=O) groups excluding carboxylic acids is 2. The van der Waals surface area contributed by atoms with Crippen molar-refractivity contribution in [1.29, 1.82) is 0 Å². The fourth-order valence-corrected chi connectivity index (χ4v) is 4.19. The SMILES string of the molecule is Cc1cc(CC(=O)c2ccc(C)c(C#Cc3cnc4c(NC(N)=O)cccn34)c2)cc(-n2ccnc2)c1. The van der Waals surface area contributed by atoms with Gasteiger partial charge in [0.1, 0.15) is 5.69 Å². The van der Waals surface area contributed by atoms with Gasteiger partial charge in [-0.1, -0.05) is 24.1 Å². The predicted molar refractivity (Wildman–Crippen MR) is 142 cm³/mol. The van der Waals surface area contributed by atoms with Crippen molar-refractivity contribution in [2.45, 2.75) is 20.3 Å². The zero-order chi connectivity index (χ0) is 25.9. The highest BCUT2D eigenvalue weighted by atomic mass is 16.2. The molecule has 0 aliphatic rings. The highest BCUT2D eigenvalue weighted by Crippen LogP contribution is 2.19. The van der Waals surface area contributed by atoms with Crippen molar-refractivity contribution >= 4 is 23.1 Å². The molecular formula is C29H24N6O2. The lowest BCUT2D eigenvalue weighted by atomic mass is 9.98. The minimum atomic E-state index is -0.663. The second kappa shape index (κ2) is 9.84. The molecule has 5 aromatic rings. The number of anilines is 1. The average molecular weight is 489 g/mol. The van der Waals surface area contributed by atoms with Crippen LogP contribution in [-0.4, -0.2) is 30.8 Å². The minimum absolute atomic E-state index is 0.0159. The number of aryl methyl sites for hydroxylation is 2. The van der Waals surface area contributed by atoms with Crippen LogP contribution in [0.4, 0.5) is 10.5 Å². The number of rotatable bonds is 5. The lowest BCUT2D eigenvalue weighted by Gasteiger charge is -2.09. The topological polar surface area (TPSA) is 107 Å². The minimum Gasteiger partial charge on any atom is -0.351 e. The van der Waals surface area contributed by atoms with Gasteiger partial charge in [-0.15, -0.1) is 0 Å². The maximum atomic E-state index is 13.2. The van der Waals surface area contributed by atoms with Gasteiger partial charge in [0, 0.05) is 41.8 Å². The first-order valence-electron chi connectivity index (χ1n) is 11.6. The molecule has 0 spiro atoms. The number of urea groups is 1. The van der Waals surface area contributed by atoms with Gasteiger partial charge >= 0.3 is 6.03 Å². The smallest absolute Gasteiger partial charge is 0.316 e. The molecule has 8 nitrogen and oxygen atoms in total. The van der Waals surface area contributed by atoms with E-state index >= 15 is 0 Å². The van der Waals surface area contributed by atoms with Gasteiger partial charge in [-0.25, -0.2) is 14.8 Å². The van der Waals surface area contributed by atoms with E-state index in [1.54, 1.807) is 35.3 Å². The number of nitrogens with one attached hydrogen (secondary N) is 1. The van der Waals surface area contributed by atoms with Crippen LogP contribution in [0.2, 0.25) is 0 Å². The molecule has 0 aliphatic heterocycles. The Labute approximate surface area is 213 Å². The molecule has 37 heavy (non-hydrogen) atoms. The van der Waals surface area contributed by atoms with Crippen LogP contribution in [0.3, 0.4) is 0 Å². The van der Waals surface area contributed by atoms with Crippen molar-refractivity contribution in [3.05, 3.63) is 113 Å². The van der Waals surface area contributed by atoms with E-state index in [-0.39, 0.29) is 12.2 Å². The quantitative estimate of drug-likeness (QED) is 0.281. The number of ketones is 1. The monoisotopic (exact) mass is 488 g/mol. The van der Waals surface area contributed by atoms with Crippen LogP contribution in [0.1, 0.15) is 38.3 Å². The van der Waals surface area contributed by atoms with Crippen LogP contribution in [0.25, 0.3) is 11.3 Å². The van der Waals surface area contributed by atoms with Crippen molar-refractivity contribution in [1.82, 2.24) is 18.9 Å². The summed E-state index contributed by atoms with van der Waals surface area (Å²) in [5, 5.41) is 2.56. The summed E-state index contributed by atoms with van der Waals surface area (Å²) in [6.45, 7) is 3.97. The van der Waals surface area contributed by atoms with E-state index in [4.69, 9.17) is 5.73 Å². The Morgan fingerprint density at radius 2 is 1.92 bits per heavy atom. The largest absolute Gasteiger partial charge is 0.351 e.